The quantitative estimate of drug-likeness (QED) is 0.360. The van der Waals surface area contributed by atoms with Gasteiger partial charge in [0.25, 0.3) is 0 Å². The zero-order valence-electron chi connectivity index (χ0n) is 24.1. The fourth-order valence-corrected chi connectivity index (χ4v) is 4.82. The Balaban J connectivity index is 3.17. The van der Waals surface area contributed by atoms with Gasteiger partial charge in [-0.1, -0.05) is 54.0 Å². The van der Waals surface area contributed by atoms with E-state index in [4.69, 9.17) is 4.74 Å². The molecule has 1 saturated heterocycles. The molecule has 4 atom stereocenters. The van der Waals surface area contributed by atoms with Crippen molar-refractivity contribution in [2.75, 3.05) is 20.2 Å². The van der Waals surface area contributed by atoms with Crippen molar-refractivity contribution in [2.45, 2.75) is 113 Å². The molecule has 0 spiro atoms. The molecule has 1 fully saturated rings. The highest BCUT2D eigenvalue weighted by Gasteiger charge is 2.40. The van der Waals surface area contributed by atoms with Gasteiger partial charge in [0.05, 0.1) is 18.7 Å². The van der Waals surface area contributed by atoms with Gasteiger partial charge in [-0.2, -0.15) is 0 Å². The molecule has 0 bridgehead atoms. The second-order valence-corrected chi connectivity index (χ2v) is 11.7. The smallest absolute Gasteiger partial charge is 0.333 e. The second-order valence-electron chi connectivity index (χ2n) is 11.7. The highest BCUT2D eigenvalue weighted by atomic mass is 16.5. The van der Waals surface area contributed by atoms with Gasteiger partial charge < -0.3 is 15.0 Å². The van der Waals surface area contributed by atoms with Crippen LogP contribution in [0.1, 0.15) is 88.5 Å². The molecule has 0 aromatic rings. The number of likely N-dealkylation sites (N-methyl/N-ethyl adjacent to an activating group) is 1. The third kappa shape index (κ3) is 8.62. The first-order valence-electron chi connectivity index (χ1n) is 13.3. The van der Waals surface area contributed by atoms with Crippen LogP contribution in [0.5, 0.6) is 0 Å². The monoisotopic (exact) mass is 493 g/mol. The van der Waals surface area contributed by atoms with Gasteiger partial charge in [-0.15, -0.1) is 0 Å². The fraction of sp³-hybridized carbons (Fsp3) is 0.821. The number of amides is 2. The molecule has 1 N–H and O–H groups in total. The number of hydrogen-bond acceptors (Lipinski definition) is 5. The molecule has 1 rings (SSSR count). The summed E-state index contributed by atoms with van der Waals surface area (Å²) in [5, 5.41) is 3.13. The molecule has 7 heteroatoms. The average Bonchev–Trinajstić information content (AvgIpc) is 2.78. The topological polar surface area (TPSA) is 79.0 Å². The second kappa shape index (κ2) is 13.4. The Morgan fingerprint density at radius 3 is 2.17 bits per heavy atom. The van der Waals surface area contributed by atoms with E-state index in [0.29, 0.717) is 18.1 Å². The van der Waals surface area contributed by atoms with Crippen LogP contribution in [0.4, 0.5) is 0 Å². The molecular weight excluding hydrogens is 442 g/mol. The maximum Gasteiger partial charge on any atom is 0.333 e. The first kappa shape index (κ1) is 31.1. The molecule has 0 aromatic heterocycles. The molecule has 1 aliphatic rings. The predicted octanol–water partition coefficient (Wildman–Crippen LogP) is 4.41. The first-order chi connectivity index (χ1) is 16.1. The van der Waals surface area contributed by atoms with Gasteiger partial charge in [-0.05, 0) is 57.8 Å². The highest BCUT2D eigenvalue weighted by Crippen LogP contribution is 2.28. The van der Waals surface area contributed by atoms with E-state index in [1.54, 1.807) is 31.9 Å². The summed E-state index contributed by atoms with van der Waals surface area (Å²) >= 11 is 0. The molecule has 0 aliphatic carbocycles. The number of rotatable bonds is 10. The van der Waals surface area contributed by atoms with Crippen LogP contribution in [0, 0.1) is 17.3 Å². The maximum atomic E-state index is 13.8. The summed E-state index contributed by atoms with van der Waals surface area (Å²) in [6.45, 7) is 21.1. The number of carbonyl (C=O) groups excluding carboxylic acids is 3. The van der Waals surface area contributed by atoms with E-state index in [9.17, 15) is 14.4 Å². The lowest BCUT2D eigenvalue weighted by Gasteiger charge is -2.43. The zero-order valence-corrected chi connectivity index (χ0v) is 24.1. The lowest BCUT2D eigenvalue weighted by Crippen LogP contribution is -2.61. The minimum absolute atomic E-state index is 0.0744. The number of nitrogens with one attached hydrogen (secondary N) is 1. The number of hydrogen-bond donors (Lipinski definition) is 1. The fourth-order valence-electron chi connectivity index (χ4n) is 4.82. The molecule has 202 valence electrons. The minimum Gasteiger partial charge on any atom is -0.463 e. The zero-order chi connectivity index (χ0) is 27.1. The Kier molecular flexibility index (Phi) is 11.9. The van der Waals surface area contributed by atoms with E-state index in [1.807, 2.05) is 34.6 Å². The van der Waals surface area contributed by atoms with Crippen molar-refractivity contribution in [2.24, 2.45) is 17.3 Å². The maximum absolute atomic E-state index is 13.8. The standard InChI is InChI=1S/C28H51N3O4/c1-12-21-14-15-22(31(17-21)19(5)6)25(32)29-24(28(8,9)10)26(33)30(11)23(18(3)4)16-20(7)27(34)35-13-2/h16,18-19,21-24H,12-15,17H2,1-11H3,(H,29,32)/t21-,22?,23+,24+/m0/s1. The van der Waals surface area contributed by atoms with Crippen LogP contribution < -0.4 is 5.32 Å². The van der Waals surface area contributed by atoms with Gasteiger partial charge in [-0.3, -0.25) is 14.5 Å². The molecule has 0 radical (unpaired) electrons. The SMILES string of the molecule is CCOC(=O)C(C)=C[C@H](C(C)C)N(C)C(=O)[C@@H](NC(=O)C1CC[C@H](CC)CN1C(C)C)C(C)(C)C. The molecule has 35 heavy (non-hydrogen) atoms. The van der Waals surface area contributed by atoms with Crippen LogP contribution in [0.15, 0.2) is 11.6 Å². The van der Waals surface area contributed by atoms with Crippen LogP contribution in [0.2, 0.25) is 0 Å². The third-order valence-corrected chi connectivity index (χ3v) is 7.16. The number of likely N-dealkylation sites (tertiary alicyclic amines) is 1. The van der Waals surface area contributed by atoms with Crippen LogP contribution in [-0.4, -0.2) is 72.0 Å². The molecule has 1 aliphatic heterocycles. The number of carbonyl (C=O) groups is 3. The Bertz CT molecular complexity index is 754. The van der Waals surface area contributed by atoms with Gasteiger partial charge in [0, 0.05) is 25.2 Å². The average molecular weight is 494 g/mol. The highest BCUT2D eigenvalue weighted by molar-refractivity contribution is 5.91. The molecule has 0 aromatic carbocycles. The molecule has 7 nitrogen and oxygen atoms in total. The van der Waals surface area contributed by atoms with E-state index in [2.05, 4.69) is 31.0 Å². The largest absolute Gasteiger partial charge is 0.463 e. The van der Waals surface area contributed by atoms with E-state index in [-0.39, 0.29) is 41.8 Å². The van der Waals surface area contributed by atoms with Gasteiger partial charge >= 0.3 is 5.97 Å². The van der Waals surface area contributed by atoms with Crippen molar-refractivity contribution in [1.29, 1.82) is 0 Å². The molecule has 1 unspecified atom stereocenters. The third-order valence-electron chi connectivity index (χ3n) is 7.16. The van der Waals surface area contributed by atoms with Crippen molar-refractivity contribution in [3.63, 3.8) is 0 Å². The predicted molar refractivity (Wildman–Crippen MR) is 142 cm³/mol. The summed E-state index contributed by atoms with van der Waals surface area (Å²) in [7, 11) is 1.75. The number of piperidine rings is 1. The molecule has 0 saturated carbocycles. The van der Waals surface area contributed by atoms with Gasteiger partial charge in [0.1, 0.15) is 6.04 Å². The Hall–Kier alpha value is -1.89. The molecular formula is C28H51N3O4. The van der Waals surface area contributed by atoms with Gasteiger partial charge in [-0.25, -0.2) is 4.79 Å². The number of ether oxygens (including phenoxy) is 1. The van der Waals surface area contributed by atoms with Crippen LogP contribution in [-0.2, 0) is 19.1 Å². The van der Waals surface area contributed by atoms with Gasteiger partial charge in [0.2, 0.25) is 11.8 Å². The van der Waals surface area contributed by atoms with Crippen molar-refractivity contribution in [3.8, 4) is 0 Å². The van der Waals surface area contributed by atoms with Crippen LogP contribution >= 0.6 is 0 Å². The van der Waals surface area contributed by atoms with Crippen LogP contribution in [0.3, 0.4) is 0 Å². The van der Waals surface area contributed by atoms with Gasteiger partial charge in [0.15, 0.2) is 0 Å². The summed E-state index contributed by atoms with van der Waals surface area (Å²) in [4.78, 5) is 43.5. The first-order valence-corrected chi connectivity index (χ1v) is 13.3. The summed E-state index contributed by atoms with van der Waals surface area (Å²) in [5.74, 6) is 0.0699. The van der Waals surface area contributed by atoms with E-state index < -0.39 is 11.5 Å². The Morgan fingerprint density at radius 1 is 1.11 bits per heavy atom. The number of nitrogens with zero attached hydrogens (tertiary/aromatic N) is 2. The van der Waals surface area contributed by atoms with Crippen LogP contribution in [0.25, 0.3) is 0 Å². The summed E-state index contributed by atoms with van der Waals surface area (Å²) in [5.41, 5.74) is -0.00655. The summed E-state index contributed by atoms with van der Waals surface area (Å²) in [6, 6.07) is -0.961. The normalized spacial score (nSPS) is 21.6. The van der Waals surface area contributed by atoms with E-state index in [1.165, 1.54) is 0 Å². The van der Waals surface area contributed by atoms with Crippen molar-refractivity contribution >= 4 is 17.8 Å². The Morgan fingerprint density at radius 2 is 1.71 bits per heavy atom. The van der Waals surface area contributed by atoms with E-state index >= 15 is 0 Å². The van der Waals surface area contributed by atoms with Crippen molar-refractivity contribution < 1.29 is 19.1 Å². The lowest BCUT2D eigenvalue weighted by molar-refractivity contribution is -0.142. The molecule has 2 amide bonds. The Labute approximate surface area is 214 Å². The summed E-state index contributed by atoms with van der Waals surface area (Å²) < 4.78 is 5.12. The van der Waals surface area contributed by atoms with E-state index in [0.717, 1.165) is 25.8 Å². The molecule has 1 heterocycles. The van der Waals surface area contributed by atoms with Crippen molar-refractivity contribution in [1.82, 2.24) is 15.1 Å². The minimum atomic E-state index is -0.685. The number of esters is 1. The summed E-state index contributed by atoms with van der Waals surface area (Å²) in [6.07, 6.45) is 4.74. The van der Waals surface area contributed by atoms with Crippen molar-refractivity contribution in [3.05, 3.63) is 11.6 Å². The lowest BCUT2D eigenvalue weighted by atomic mass is 9.84.